The van der Waals surface area contributed by atoms with Crippen molar-refractivity contribution in [2.24, 2.45) is 0 Å². The van der Waals surface area contributed by atoms with E-state index >= 15 is 0 Å². The predicted octanol–water partition coefficient (Wildman–Crippen LogP) is 3.42. The number of ether oxygens (including phenoxy) is 1. The number of methoxy groups -OCH3 is 1. The van der Waals surface area contributed by atoms with Crippen LogP contribution < -0.4 is 4.74 Å². The summed E-state index contributed by atoms with van der Waals surface area (Å²) in [6.45, 7) is 2.68. The van der Waals surface area contributed by atoms with Crippen LogP contribution in [0.3, 0.4) is 0 Å². The summed E-state index contributed by atoms with van der Waals surface area (Å²) in [6, 6.07) is 8.20. The first-order valence-electron chi connectivity index (χ1n) is 8.57. The van der Waals surface area contributed by atoms with Gasteiger partial charge in [-0.15, -0.1) is 10.2 Å². The topological polar surface area (TPSA) is 81.4 Å². The molecule has 0 saturated heterocycles. The molecule has 0 spiro atoms. The van der Waals surface area contributed by atoms with E-state index in [-0.39, 0.29) is 17.4 Å². The van der Waals surface area contributed by atoms with E-state index in [1.165, 1.54) is 24.9 Å². The number of hydrogen-bond acceptors (Lipinski definition) is 7. The molecule has 2 aromatic heterocycles. The minimum absolute atomic E-state index is 0.104. The van der Waals surface area contributed by atoms with Gasteiger partial charge in [-0.25, -0.2) is 4.39 Å². The van der Waals surface area contributed by atoms with Crippen LogP contribution in [0.1, 0.15) is 12.5 Å². The number of thioether (sulfide) groups is 1. The zero-order valence-corrected chi connectivity index (χ0v) is 16.3. The van der Waals surface area contributed by atoms with E-state index in [2.05, 4.69) is 15.2 Å². The predicted molar refractivity (Wildman–Crippen MR) is 102 cm³/mol. The van der Waals surface area contributed by atoms with E-state index in [0.717, 1.165) is 5.56 Å². The van der Waals surface area contributed by atoms with E-state index in [4.69, 9.17) is 9.15 Å². The summed E-state index contributed by atoms with van der Waals surface area (Å²) in [5.74, 6) is 0.137. The number of pyridine rings is 1. The van der Waals surface area contributed by atoms with Crippen molar-refractivity contribution in [2.75, 3.05) is 19.4 Å². The van der Waals surface area contributed by atoms with Gasteiger partial charge in [0, 0.05) is 31.0 Å². The lowest BCUT2D eigenvalue weighted by atomic mass is 10.2. The molecule has 0 aliphatic carbocycles. The summed E-state index contributed by atoms with van der Waals surface area (Å²) >= 11 is 1.17. The third-order valence-corrected chi connectivity index (χ3v) is 4.78. The van der Waals surface area contributed by atoms with Crippen LogP contribution in [0.15, 0.2) is 52.4 Å². The molecule has 28 heavy (non-hydrogen) atoms. The highest BCUT2D eigenvalue weighted by atomic mass is 32.2. The molecule has 0 saturated carbocycles. The molecule has 9 heteroatoms. The van der Waals surface area contributed by atoms with E-state index in [1.54, 1.807) is 41.6 Å². The summed E-state index contributed by atoms with van der Waals surface area (Å²) in [5, 5.41) is 8.25. The van der Waals surface area contributed by atoms with Crippen molar-refractivity contribution in [3.63, 3.8) is 0 Å². The number of benzene rings is 1. The fourth-order valence-corrected chi connectivity index (χ4v) is 3.16. The quantitative estimate of drug-likeness (QED) is 0.534. The van der Waals surface area contributed by atoms with Crippen LogP contribution in [0.2, 0.25) is 0 Å². The molecule has 0 fully saturated rings. The molecule has 3 aromatic rings. The van der Waals surface area contributed by atoms with Gasteiger partial charge in [0.05, 0.1) is 12.9 Å². The normalized spacial score (nSPS) is 10.7. The Bertz CT molecular complexity index is 936. The highest BCUT2D eigenvalue weighted by Crippen LogP contribution is 2.23. The Hall–Kier alpha value is -2.94. The van der Waals surface area contributed by atoms with Gasteiger partial charge in [0.15, 0.2) is 11.6 Å². The molecular formula is C19H19FN4O3S. The molecule has 3 rings (SSSR count). The molecule has 0 unspecified atom stereocenters. The number of carbonyl (C=O) groups is 1. The van der Waals surface area contributed by atoms with Gasteiger partial charge in [-0.1, -0.05) is 17.8 Å². The third-order valence-electron chi connectivity index (χ3n) is 3.98. The highest BCUT2D eigenvalue weighted by Gasteiger charge is 2.16. The van der Waals surface area contributed by atoms with Crippen LogP contribution in [0.25, 0.3) is 11.5 Å². The van der Waals surface area contributed by atoms with Crippen molar-refractivity contribution in [1.82, 2.24) is 20.1 Å². The summed E-state index contributed by atoms with van der Waals surface area (Å²) < 4.78 is 24.3. The lowest BCUT2D eigenvalue weighted by Crippen LogP contribution is -2.31. The lowest BCUT2D eigenvalue weighted by molar-refractivity contribution is -0.128. The molecule has 1 aromatic carbocycles. The van der Waals surface area contributed by atoms with E-state index in [9.17, 15) is 9.18 Å². The van der Waals surface area contributed by atoms with Crippen LogP contribution in [0.4, 0.5) is 4.39 Å². The Morgan fingerprint density at radius 2 is 2.04 bits per heavy atom. The van der Waals surface area contributed by atoms with Gasteiger partial charge in [0.25, 0.3) is 5.22 Å². The smallest absolute Gasteiger partial charge is 0.277 e. The maximum atomic E-state index is 13.9. The molecule has 1 amide bonds. The maximum absolute atomic E-state index is 13.9. The van der Waals surface area contributed by atoms with Crippen molar-refractivity contribution in [3.05, 3.63) is 54.1 Å². The van der Waals surface area contributed by atoms with E-state index in [1.807, 2.05) is 6.92 Å². The van der Waals surface area contributed by atoms with Crippen LogP contribution in [0, 0.1) is 5.82 Å². The zero-order chi connectivity index (χ0) is 19.9. The molecule has 146 valence electrons. The first-order chi connectivity index (χ1) is 13.6. The number of halogens is 1. The van der Waals surface area contributed by atoms with Gasteiger partial charge in [0.1, 0.15) is 0 Å². The molecule has 2 heterocycles. The van der Waals surface area contributed by atoms with Gasteiger partial charge in [-0.05, 0) is 36.8 Å². The van der Waals surface area contributed by atoms with E-state index in [0.29, 0.717) is 29.8 Å². The molecule has 7 nitrogen and oxygen atoms in total. The summed E-state index contributed by atoms with van der Waals surface area (Å²) in [4.78, 5) is 18.1. The Morgan fingerprint density at radius 1 is 1.25 bits per heavy atom. The Morgan fingerprint density at radius 3 is 2.71 bits per heavy atom. The minimum Gasteiger partial charge on any atom is -0.494 e. The average molecular weight is 402 g/mol. The minimum atomic E-state index is -0.452. The largest absolute Gasteiger partial charge is 0.494 e. The molecular weight excluding hydrogens is 383 g/mol. The van der Waals surface area contributed by atoms with Crippen LogP contribution in [0.5, 0.6) is 5.75 Å². The van der Waals surface area contributed by atoms with Gasteiger partial charge in [-0.2, -0.15) is 0 Å². The number of aromatic nitrogens is 3. The van der Waals surface area contributed by atoms with Crippen LogP contribution in [-0.2, 0) is 11.3 Å². The second-order valence-corrected chi connectivity index (χ2v) is 6.70. The Labute approximate surface area is 165 Å². The van der Waals surface area contributed by atoms with Crippen molar-refractivity contribution >= 4 is 17.7 Å². The van der Waals surface area contributed by atoms with Crippen LogP contribution >= 0.6 is 11.8 Å². The number of nitrogens with zero attached hydrogens (tertiary/aromatic N) is 4. The second kappa shape index (κ2) is 9.32. The van der Waals surface area contributed by atoms with Crippen LogP contribution in [-0.4, -0.2) is 45.4 Å². The monoisotopic (exact) mass is 402 g/mol. The lowest BCUT2D eigenvalue weighted by Gasteiger charge is -2.20. The number of amides is 1. The first-order valence-corrected chi connectivity index (χ1v) is 9.56. The third kappa shape index (κ3) is 4.86. The average Bonchev–Trinajstić information content (AvgIpc) is 3.20. The maximum Gasteiger partial charge on any atom is 0.277 e. The molecule has 0 atom stereocenters. The fourth-order valence-electron chi connectivity index (χ4n) is 2.50. The first kappa shape index (κ1) is 19.8. The number of carbonyl (C=O) groups excluding carboxylic acids is 1. The SMILES string of the molecule is CCN(Cc1ccc(OC)c(F)c1)C(=O)CSc1nnc(-c2ccncc2)o1. The molecule has 0 bridgehead atoms. The van der Waals surface area contributed by atoms with Crippen molar-refractivity contribution in [1.29, 1.82) is 0 Å². The van der Waals surface area contributed by atoms with Crippen molar-refractivity contribution in [2.45, 2.75) is 18.7 Å². The zero-order valence-electron chi connectivity index (χ0n) is 15.5. The van der Waals surface area contributed by atoms with Gasteiger partial charge >= 0.3 is 0 Å². The van der Waals surface area contributed by atoms with Crippen molar-refractivity contribution in [3.8, 4) is 17.2 Å². The van der Waals surface area contributed by atoms with Gasteiger partial charge < -0.3 is 14.1 Å². The van der Waals surface area contributed by atoms with Gasteiger partial charge in [-0.3, -0.25) is 9.78 Å². The van der Waals surface area contributed by atoms with Crippen molar-refractivity contribution < 1.29 is 18.3 Å². The number of hydrogen-bond donors (Lipinski definition) is 0. The standard InChI is InChI=1S/C19H19FN4O3S/c1-3-24(11-13-4-5-16(26-2)15(20)10-13)17(25)12-28-19-23-22-18(27-19)14-6-8-21-9-7-14/h4-10H,3,11-12H2,1-2H3. The molecule has 0 N–H and O–H groups in total. The second-order valence-electron chi connectivity index (χ2n) is 5.77. The number of rotatable bonds is 8. The Kier molecular flexibility index (Phi) is 6.59. The summed E-state index contributed by atoms with van der Waals surface area (Å²) in [5.41, 5.74) is 1.45. The summed E-state index contributed by atoms with van der Waals surface area (Å²) in [7, 11) is 1.41. The molecule has 0 aliphatic heterocycles. The fraction of sp³-hybridized carbons (Fsp3) is 0.263. The summed E-state index contributed by atoms with van der Waals surface area (Å²) in [6.07, 6.45) is 3.27. The van der Waals surface area contributed by atoms with Gasteiger partial charge in [0.2, 0.25) is 11.8 Å². The van der Waals surface area contributed by atoms with E-state index < -0.39 is 5.82 Å². The highest BCUT2D eigenvalue weighted by molar-refractivity contribution is 7.99. The molecule has 0 aliphatic rings. The Balaban J connectivity index is 1.58. The molecule has 0 radical (unpaired) electrons.